The number of nitrogens with one attached hydrogen (secondary N) is 2. The lowest BCUT2D eigenvalue weighted by atomic mass is 10.1. The number of rotatable bonds is 6. The van der Waals surface area contributed by atoms with Crippen LogP contribution in [0.4, 0.5) is 5.82 Å². The van der Waals surface area contributed by atoms with E-state index in [1.807, 2.05) is 6.07 Å². The van der Waals surface area contributed by atoms with Gasteiger partial charge in [-0.1, -0.05) is 12.2 Å². The summed E-state index contributed by atoms with van der Waals surface area (Å²) in [5.74, 6) is 0.545. The van der Waals surface area contributed by atoms with Gasteiger partial charge in [-0.2, -0.15) is 0 Å². The van der Waals surface area contributed by atoms with E-state index in [1.54, 1.807) is 0 Å². The summed E-state index contributed by atoms with van der Waals surface area (Å²) in [4.78, 5) is 4.80. The van der Waals surface area contributed by atoms with Crippen molar-refractivity contribution in [1.29, 1.82) is 0 Å². The number of nitrogens with two attached hydrogens (primary N) is 1. The van der Waals surface area contributed by atoms with Gasteiger partial charge in [0.25, 0.3) is 0 Å². The Bertz CT molecular complexity index is 629. The molecular weight excluding hydrogens is 296 g/mol. The van der Waals surface area contributed by atoms with Crippen molar-refractivity contribution >= 4 is 33.0 Å². The first-order valence-corrected chi connectivity index (χ1v) is 8.46. The van der Waals surface area contributed by atoms with E-state index < -0.39 is 10.0 Å². The zero-order valence-electron chi connectivity index (χ0n) is 11.3. The van der Waals surface area contributed by atoms with Gasteiger partial charge in [0.05, 0.1) is 11.3 Å². The van der Waals surface area contributed by atoms with Crippen molar-refractivity contribution in [2.24, 2.45) is 5.73 Å². The summed E-state index contributed by atoms with van der Waals surface area (Å²) in [6.07, 6.45) is 3.01. The Morgan fingerprint density at radius 2 is 2.25 bits per heavy atom. The van der Waals surface area contributed by atoms with Crippen LogP contribution in [0.25, 0.3) is 0 Å². The average Bonchev–Trinajstić information content (AvgIpc) is 2.84. The minimum atomic E-state index is -3.24. The fraction of sp³-hybridized carbons (Fsp3) is 0.500. The summed E-state index contributed by atoms with van der Waals surface area (Å²) in [6, 6.07) is 1.96. The topological polar surface area (TPSA) is 97.1 Å². The Morgan fingerprint density at radius 1 is 1.50 bits per heavy atom. The van der Waals surface area contributed by atoms with Crippen LogP contribution in [0.1, 0.15) is 23.2 Å². The third-order valence-corrected chi connectivity index (χ3v) is 4.87. The molecule has 1 aliphatic carbocycles. The lowest BCUT2D eigenvalue weighted by molar-refractivity contribution is 0.588. The Kier molecular flexibility index (Phi) is 4.56. The molecule has 0 amide bonds. The molecule has 0 bridgehead atoms. The third kappa shape index (κ3) is 3.44. The minimum absolute atomic E-state index is 0.0287. The number of anilines is 1. The molecule has 0 atom stereocenters. The molecule has 0 unspecified atom stereocenters. The largest absolute Gasteiger partial charge is 0.389 e. The van der Waals surface area contributed by atoms with Crippen LogP contribution in [-0.2, 0) is 22.9 Å². The van der Waals surface area contributed by atoms with E-state index in [4.69, 9.17) is 18.0 Å². The van der Waals surface area contributed by atoms with E-state index in [-0.39, 0.29) is 17.3 Å². The van der Waals surface area contributed by atoms with Crippen LogP contribution in [0, 0.1) is 0 Å². The summed E-state index contributed by atoms with van der Waals surface area (Å²) in [7, 11) is -1.85. The van der Waals surface area contributed by atoms with Crippen LogP contribution in [0.15, 0.2) is 6.07 Å². The molecular formula is C12H18N4O2S2. The molecule has 0 spiro atoms. The number of hydrogen-bond acceptors (Lipinski definition) is 5. The summed E-state index contributed by atoms with van der Waals surface area (Å²) < 4.78 is 25.0. The van der Waals surface area contributed by atoms with Crippen LogP contribution in [0.2, 0.25) is 0 Å². The normalized spacial score (nSPS) is 14.1. The van der Waals surface area contributed by atoms with E-state index in [0.717, 1.165) is 25.0 Å². The molecule has 110 valence electrons. The Labute approximate surface area is 124 Å². The van der Waals surface area contributed by atoms with Gasteiger partial charge in [0.1, 0.15) is 10.8 Å². The standard InChI is InChI=1S/C12H18N4O2S2/c1-14-20(17,18)6-5-15-12-9(11(13)19)7-8-3-2-4-10(8)16-12/h7,14H,2-6H2,1H3,(H2,13,19)(H,15,16). The zero-order valence-corrected chi connectivity index (χ0v) is 12.9. The molecule has 0 saturated carbocycles. The lowest BCUT2D eigenvalue weighted by Crippen LogP contribution is -2.27. The first-order chi connectivity index (χ1) is 9.43. The average molecular weight is 314 g/mol. The maximum absolute atomic E-state index is 11.4. The molecule has 0 aromatic carbocycles. The highest BCUT2D eigenvalue weighted by atomic mass is 32.2. The number of pyridine rings is 1. The second kappa shape index (κ2) is 6.02. The Morgan fingerprint density at radius 3 is 2.90 bits per heavy atom. The number of nitrogens with zero attached hydrogens (tertiary/aromatic N) is 1. The highest BCUT2D eigenvalue weighted by Crippen LogP contribution is 2.25. The van der Waals surface area contributed by atoms with E-state index in [0.29, 0.717) is 11.4 Å². The van der Waals surface area contributed by atoms with E-state index >= 15 is 0 Å². The fourth-order valence-electron chi connectivity index (χ4n) is 2.20. The van der Waals surface area contributed by atoms with Crippen molar-refractivity contribution in [2.75, 3.05) is 24.7 Å². The molecule has 0 aliphatic heterocycles. The number of aryl methyl sites for hydroxylation is 2. The first-order valence-electron chi connectivity index (χ1n) is 6.40. The second-order valence-corrected chi connectivity index (χ2v) is 7.14. The number of sulfonamides is 1. The van der Waals surface area contributed by atoms with Gasteiger partial charge >= 0.3 is 0 Å². The molecule has 1 aromatic heterocycles. The van der Waals surface area contributed by atoms with Gasteiger partial charge < -0.3 is 11.1 Å². The third-order valence-electron chi connectivity index (χ3n) is 3.29. The first kappa shape index (κ1) is 15.1. The molecule has 4 N–H and O–H groups in total. The maximum atomic E-state index is 11.4. The second-order valence-electron chi connectivity index (χ2n) is 4.66. The molecule has 1 aliphatic rings. The van der Waals surface area contributed by atoms with E-state index in [1.165, 1.54) is 12.6 Å². The van der Waals surface area contributed by atoms with Crippen LogP contribution >= 0.6 is 12.2 Å². The van der Waals surface area contributed by atoms with E-state index in [2.05, 4.69) is 15.0 Å². The van der Waals surface area contributed by atoms with Crippen molar-refractivity contribution in [3.05, 3.63) is 22.9 Å². The fourth-order valence-corrected chi connectivity index (χ4v) is 2.93. The van der Waals surface area contributed by atoms with Crippen molar-refractivity contribution in [3.8, 4) is 0 Å². The predicted octanol–water partition coefficient (Wildman–Crippen LogP) is 0.166. The quantitative estimate of drug-likeness (QED) is 0.648. The number of hydrogen-bond donors (Lipinski definition) is 3. The van der Waals surface area contributed by atoms with Gasteiger partial charge in [0.15, 0.2) is 0 Å². The smallest absolute Gasteiger partial charge is 0.213 e. The van der Waals surface area contributed by atoms with E-state index in [9.17, 15) is 8.42 Å². The summed E-state index contributed by atoms with van der Waals surface area (Å²) >= 11 is 5.03. The molecule has 6 nitrogen and oxygen atoms in total. The number of thiocarbonyl (C=S) groups is 1. The monoisotopic (exact) mass is 314 g/mol. The molecule has 8 heteroatoms. The van der Waals surface area contributed by atoms with Gasteiger partial charge in [-0.25, -0.2) is 18.1 Å². The van der Waals surface area contributed by atoms with Crippen molar-refractivity contribution < 1.29 is 8.42 Å². The SMILES string of the molecule is CNS(=O)(=O)CCNc1nc2c(cc1C(N)=S)CCC2. The zero-order chi connectivity index (χ0) is 14.8. The van der Waals surface area contributed by atoms with Gasteiger partial charge in [0.2, 0.25) is 10.0 Å². The lowest BCUT2D eigenvalue weighted by Gasteiger charge is -2.12. The van der Waals surface area contributed by atoms with Crippen LogP contribution in [0.3, 0.4) is 0 Å². The van der Waals surface area contributed by atoms with Crippen LogP contribution < -0.4 is 15.8 Å². The summed E-state index contributed by atoms with van der Waals surface area (Å²) in [5, 5.41) is 3.02. The minimum Gasteiger partial charge on any atom is -0.389 e. The molecule has 0 radical (unpaired) electrons. The highest BCUT2D eigenvalue weighted by molar-refractivity contribution is 7.89. The highest BCUT2D eigenvalue weighted by Gasteiger charge is 2.18. The van der Waals surface area contributed by atoms with Crippen LogP contribution in [0.5, 0.6) is 0 Å². The summed E-state index contributed by atoms with van der Waals surface area (Å²) in [6.45, 7) is 0.255. The molecule has 20 heavy (non-hydrogen) atoms. The molecule has 1 heterocycles. The van der Waals surface area contributed by atoms with Gasteiger partial charge in [-0.05, 0) is 37.9 Å². The van der Waals surface area contributed by atoms with Crippen LogP contribution in [-0.4, -0.2) is 37.7 Å². The molecule has 2 rings (SSSR count). The van der Waals surface area contributed by atoms with Crippen molar-refractivity contribution in [3.63, 3.8) is 0 Å². The van der Waals surface area contributed by atoms with Gasteiger partial charge in [0, 0.05) is 12.2 Å². The molecule has 1 aromatic rings. The molecule has 0 saturated heterocycles. The Balaban J connectivity index is 2.16. The predicted molar refractivity (Wildman–Crippen MR) is 83.5 cm³/mol. The molecule has 0 fully saturated rings. The summed E-state index contributed by atoms with van der Waals surface area (Å²) in [5.41, 5.74) is 8.62. The number of fused-ring (bicyclic) bond motifs is 1. The van der Waals surface area contributed by atoms with Gasteiger partial charge in [-0.15, -0.1) is 0 Å². The van der Waals surface area contributed by atoms with Gasteiger partial charge in [-0.3, -0.25) is 0 Å². The Hall–Kier alpha value is -1.25. The number of aromatic nitrogens is 1. The van der Waals surface area contributed by atoms with Crippen molar-refractivity contribution in [1.82, 2.24) is 9.71 Å². The van der Waals surface area contributed by atoms with Crippen molar-refractivity contribution in [2.45, 2.75) is 19.3 Å². The maximum Gasteiger partial charge on any atom is 0.213 e.